The predicted molar refractivity (Wildman–Crippen MR) is 123 cm³/mol. The molecule has 0 aromatic carbocycles. The van der Waals surface area contributed by atoms with Crippen molar-refractivity contribution in [3.8, 4) is 11.4 Å². The van der Waals surface area contributed by atoms with Gasteiger partial charge in [-0.05, 0) is 38.3 Å². The van der Waals surface area contributed by atoms with Crippen LogP contribution in [0.1, 0.15) is 42.3 Å². The Morgan fingerprint density at radius 1 is 0.919 bits per heavy atom. The molecule has 0 saturated carbocycles. The number of pyridine rings is 1. The number of nitrogens with zero attached hydrogens (tertiary/aromatic N) is 7. The highest BCUT2D eigenvalue weighted by molar-refractivity contribution is 5.63. The third kappa shape index (κ3) is 5.03. The van der Waals surface area contributed by atoms with Gasteiger partial charge in [-0.2, -0.15) is 26.3 Å². The molecule has 2 aliphatic rings. The van der Waals surface area contributed by atoms with Gasteiger partial charge in [-0.1, -0.05) is 0 Å². The Morgan fingerprint density at radius 3 is 2.41 bits per heavy atom. The Labute approximate surface area is 208 Å². The molecule has 5 rings (SSSR count). The summed E-state index contributed by atoms with van der Waals surface area (Å²) in [5, 5.41) is 0. The maximum atomic E-state index is 13.6. The van der Waals surface area contributed by atoms with Gasteiger partial charge in [-0.15, -0.1) is 0 Å². The lowest BCUT2D eigenvalue weighted by molar-refractivity contribution is -0.141. The van der Waals surface area contributed by atoms with E-state index in [9.17, 15) is 26.3 Å². The molecule has 1 unspecified atom stereocenters. The van der Waals surface area contributed by atoms with Crippen LogP contribution in [0.5, 0.6) is 0 Å². The molecule has 1 saturated heterocycles. The monoisotopic (exact) mass is 523 g/mol. The molecule has 0 amide bonds. The van der Waals surface area contributed by atoms with E-state index in [0.717, 1.165) is 18.9 Å². The molecule has 37 heavy (non-hydrogen) atoms. The van der Waals surface area contributed by atoms with Crippen LogP contribution in [0.25, 0.3) is 11.4 Å². The fourth-order valence-corrected chi connectivity index (χ4v) is 4.86. The molecular formula is C24H23F6N7. The number of hydrogen-bond donors (Lipinski definition) is 0. The molecule has 0 radical (unpaired) electrons. The van der Waals surface area contributed by atoms with Crippen molar-refractivity contribution in [1.82, 2.24) is 24.9 Å². The highest BCUT2D eigenvalue weighted by atomic mass is 19.4. The Bertz CT molecular complexity index is 1290. The fourth-order valence-electron chi connectivity index (χ4n) is 4.86. The molecule has 0 bridgehead atoms. The van der Waals surface area contributed by atoms with Gasteiger partial charge in [-0.3, -0.25) is 4.98 Å². The van der Waals surface area contributed by atoms with Crippen molar-refractivity contribution in [3.05, 3.63) is 53.2 Å². The van der Waals surface area contributed by atoms with E-state index in [0.29, 0.717) is 29.9 Å². The van der Waals surface area contributed by atoms with Crippen molar-refractivity contribution in [2.45, 2.75) is 51.0 Å². The van der Waals surface area contributed by atoms with Gasteiger partial charge in [0.05, 0.1) is 29.3 Å². The van der Waals surface area contributed by atoms with Crippen molar-refractivity contribution in [2.24, 2.45) is 0 Å². The molecule has 1 atom stereocenters. The minimum Gasteiger partial charge on any atom is -0.355 e. The Hall–Kier alpha value is -3.51. The highest BCUT2D eigenvalue weighted by Gasteiger charge is 2.37. The first-order valence-corrected chi connectivity index (χ1v) is 11.9. The summed E-state index contributed by atoms with van der Waals surface area (Å²) in [6.07, 6.45) is -3.79. The molecule has 0 aliphatic carbocycles. The molecular weight excluding hydrogens is 500 g/mol. The van der Waals surface area contributed by atoms with E-state index >= 15 is 0 Å². The number of alkyl halides is 6. The summed E-state index contributed by atoms with van der Waals surface area (Å²) in [7, 11) is 0. The normalized spacial score (nSPS) is 18.6. The van der Waals surface area contributed by atoms with E-state index in [4.69, 9.17) is 4.98 Å². The van der Waals surface area contributed by atoms with Crippen LogP contribution in [0, 0.1) is 0 Å². The van der Waals surface area contributed by atoms with E-state index < -0.39 is 23.6 Å². The van der Waals surface area contributed by atoms with E-state index in [2.05, 4.69) is 19.9 Å². The van der Waals surface area contributed by atoms with E-state index in [-0.39, 0.29) is 49.2 Å². The van der Waals surface area contributed by atoms with Gasteiger partial charge < -0.3 is 9.80 Å². The average Bonchev–Trinajstić information content (AvgIpc) is 3.17. The fraction of sp³-hybridized carbons (Fsp3) is 0.458. The van der Waals surface area contributed by atoms with E-state index in [1.807, 2.05) is 11.8 Å². The first-order chi connectivity index (χ1) is 17.5. The lowest BCUT2D eigenvalue weighted by Gasteiger charge is -2.24. The van der Waals surface area contributed by atoms with Crippen LogP contribution in [0.2, 0.25) is 0 Å². The van der Waals surface area contributed by atoms with Crippen molar-refractivity contribution in [3.63, 3.8) is 0 Å². The lowest BCUT2D eigenvalue weighted by atomic mass is 10.0. The van der Waals surface area contributed by atoms with Gasteiger partial charge >= 0.3 is 12.4 Å². The van der Waals surface area contributed by atoms with Crippen molar-refractivity contribution in [2.75, 3.05) is 29.4 Å². The van der Waals surface area contributed by atoms with Gasteiger partial charge in [0.15, 0.2) is 5.69 Å². The molecule has 13 heteroatoms. The second-order valence-corrected chi connectivity index (χ2v) is 9.13. The largest absolute Gasteiger partial charge is 0.434 e. The van der Waals surface area contributed by atoms with Crippen LogP contribution in [-0.2, 0) is 25.2 Å². The Kier molecular flexibility index (Phi) is 6.40. The first kappa shape index (κ1) is 25.2. The summed E-state index contributed by atoms with van der Waals surface area (Å²) in [6.45, 7) is 3.07. The van der Waals surface area contributed by atoms with Gasteiger partial charge in [0.25, 0.3) is 0 Å². The van der Waals surface area contributed by atoms with Crippen LogP contribution < -0.4 is 9.80 Å². The van der Waals surface area contributed by atoms with Crippen LogP contribution >= 0.6 is 0 Å². The summed E-state index contributed by atoms with van der Waals surface area (Å²) in [6, 6.07) is 2.36. The molecule has 5 heterocycles. The quantitative estimate of drug-likeness (QED) is 0.450. The Balaban J connectivity index is 1.58. The Morgan fingerprint density at radius 2 is 1.70 bits per heavy atom. The highest BCUT2D eigenvalue weighted by Crippen LogP contribution is 2.37. The summed E-state index contributed by atoms with van der Waals surface area (Å²) < 4.78 is 81.1. The van der Waals surface area contributed by atoms with Crippen LogP contribution in [0.3, 0.4) is 0 Å². The van der Waals surface area contributed by atoms with Crippen LogP contribution in [-0.4, -0.2) is 50.6 Å². The van der Waals surface area contributed by atoms with Gasteiger partial charge in [-0.25, -0.2) is 19.9 Å². The number of hydrogen-bond acceptors (Lipinski definition) is 7. The second-order valence-electron chi connectivity index (χ2n) is 9.13. The molecule has 3 aromatic rings. The number of aromatic nitrogens is 5. The first-order valence-electron chi connectivity index (χ1n) is 11.9. The van der Waals surface area contributed by atoms with Crippen LogP contribution in [0.4, 0.5) is 38.1 Å². The molecule has 2 aliphatic heterocycles. The molecule has 3 aromatic heterocycles. The molecule has 196 valence electrons. The summed E-state index contributed by atoms with van der Waals surface area (Å²) >= 11 is 0. The summed E-state index contributed by atoms with van der Waals surface area (Å²) in [5.74, 6) is 0.185. The average molecular weight is 523 g/mol. The zero-order chi connectivity index (χ0) is 26.4. The van der Waals surface area contributed by atoms with E-state index in [1.54, 1.807) is 0 Å². The molecule has 0 N–H and O–H groups in total. The van der Waals surface area contributed by atoms with Crippen LogP contribution in [0.15, 0.2) is 30.7 Å². The maximum Gasteiger partial charge on any atom is 0.434 e. The minimum absolute atomic E-state index is 0.0520. The predicted octanol–water partition coefficient (Wildman–Crippen LogP) is 4.96. The number of halogens is 6. The minimum atomic E-state index is -4.69. The van der Waals surface area contributed by atoms with Gasteiger partial charge in [0.2, 0.25) is 5.95 Å². The number of fused-ring (bicyclic) bond motifs is 1. The third-order valence-electron chi connectivity index (χ3n) is 6.70. The molecule has 0 spiro atoms. The maximum absolute atomic E-state index is 13.6. The zero-order valence-electron chi connectivity index (χ0n) is 19.8. The van der Waals surface area contributed by atoms with Crippen molar-refractivity contribution >= 4 is 11.8 Å². The van der Waals surface area contributed by atoms with Gasteiger partial charge in [0.1, 0.15) is 11.5 Å². The molecule has 1 fully saturated rings. The SMILES string of the molecule is CC1CCCN1c1nc2c(c(-c3cncc(C(F)(F)F)n3)n1)CCN(c1ncccc1C(F)(F)F)CC2. The summed E-state index contributed by atoms with van der Waals surface area (Å²) in [4.78, 5) is 24.4. The topological polar surface area (TPSA) is 70.9 Å². The second kappa shape index (κ2) is 9.42. The third-order valence-corrected chi connectivity index (χ3v) is 6.70. The summed E-state index contributed by atoms with van der Waals surface area (Å²) in [5.41, 5.74) is -0.698. The number of rotatable bonds is 3. The number of anilines is 2. The van der Waals surface area contributed by atoms with Crippen molar-refractivity contribution < 1.29 is 26.3 Å². The van der Waals surface area contributed by atoms with Gasteiger partial charge in [0, 0.05) is 43.9 Å². The smallest absolute Gasteiger partial charge is 0.355 e. The molecule has 7 nitrogen and oxygen atoms in total. The van der Waals surface area contributed by atoms with E-state index in [1.165, 1.54) is 23.4 Å². The van der Waals surface area contributed by atoms with Crippen molar-refractivity contribution in [1.29, 1.82) is 0 Å². The zero-order valence-corrected chi connectivity index (χ0v) is 19.8. The lowest BCUT2D eigenvalue weighted by Crippen LogP contribution is -2.29. The standard InChI is InChI=1S/C24H23F6N7/c1-14-4-3-9-37(14)22-34-17-7-11-36(21-16(23(25,26)27)5-2-8-32-21)10-6-15(17)20(35-22)18-12-31-13-19(33-18)24(28,29)30/h2,5,8,12-14H,3-4,6-7,9-11H2,1H3.